The number of amides is 1. The van der Waals surface area contributed by atoms with Crippen LogP contribution in [-0.2, 0) is 12.4 Å². The first kappa shape index (κ1) is 27.1. The highest BCUT2D eigenvalue weighted by Crippen LogP contribution is 2.40. The quantitative estimate of drug-likeness (QED) is 0.466. The van der Waals surface area contributed by atoms with Crippen molar-refractivity contribution in [3.8, 4) is 10.6 Å². The van der Waals surface area contributed by atoms with Gasteiger partial charge in [0.15, 0.2) is 0 Å². The molecule has 1 aliphatic heterocycles. The van der Waals surface area contributed by atoms with E-state index in [-0.39, 0.29) is 33.1 Å². The molecule has 1 aromatic carbocycles. The highest BCUT2D eigenvalue weighted by molar-refractivity contribution is 7.17. The van der Waals surface area contributed by atoms with E-state index in [4.69, 9.17) is 0 Å². The maximum absolute atomic E-state index is 13.2. The second-order valence-electron chi connectivity index (χ2n) is 7.31. The van der Waals surface area contributed by atoms with Crippen LogP contribution in [-0.4, -0.2) is 53.4 Å². The van der Waals surface area contributed by atoms with Crippen molar-refractivity contribution in [2.24, 2.45) is 0 Å². The van der Waals surface area contributed by atoms with Gasteiger partial charge in [-0.3, -0.25) is 4.79 Å². The number of benzene rings is 1. The number of hydrogen-bond donors (Lipinski definition) is 0. The molecule has 1 aromatic heterocycles. The fraction of sp³-hybridized carbons (Fsp3) is 0.545. The highest BCUT2D eigenvalue weighted by Gasteiger charge is 2.37. The lowest BCUT2D eigenvalue weighted by molar-refractivity contribution is -0.143. The van der Waals surface area contributed by atoms with E-state index in [1.165, 1.54) is 6.92 Å². The minimum absolute atomic E-state index is 0.0533. The third-order valence-corrected chi connectivity index (χ3v) is 6.34. The Balaban J connectivity index is 0.00000187. The summed E-state index contributed by atoms with van der Waals surface area (Å²) in [5, 5.41) is -0.0533. The number of carbonyl (C=O) groups excluding carboxylic acids is 1. The highest BCUT2D eigenvalue weighted by atomic mass is 32.1. The molecule has 2 heterocycles. The van der Waals surface area contributed by atoms with Gasteiger partial charge in [0.05, 0.1) is 16.8 Å². The maximum atomic E-state index is 13.2. The zero-order chi connectivity index (χ0) is 25.0. The molecule has 3 rings (SSSR count). The Labute approximate surface area is 193 Å². The standard InChI is InChI=1S/C20H21F6N3OS.C2H6/c1-3-28-5-4-6-29(8-7-28)18(30)16-12(2)27-17(31-16)13-9-14(19(21,22)23)11-15(10-13)20(24,25)26;1-2/h9-11H,3-8H2,1-2H3;1-2H3. The fourth-order valence-electron chi connectivity index (χ4n) is 3.43. The van der Waals surface area contributed by atoms with Gasteiger partial charge in [0, 0.05) is 25.2 Å². The molecule has 0 radical (unpaired) electrons. The predicted molar refractivity (Wildman–Crippen MR) is 116 cm³/mol. The second kappa shape index (κ2) is 10.9. The monoisotopic (exact) mass is 495 g/mol. The number of carbonyl (C=O) groups is 1. The fourth-order valence-corrected chi connectivity index (χ4v) is 4.45. The van der Waals surface area contributed by atoms with E-state index in [1.807, 2.05) is 20.8 Å². The molecule has 11 heteroatoms. The van der Waals surface area contributed by atoms with Crippen LogP contribution < -0.4 is 0 Å². The molecule has 1 saturated heterocycles. The number of likely N-dealkylation sites (N-methyl/N-ethyl adjacent to an activating group) is 1. The molecule has 184 valence electrons. The molecule has 0 atom stereocenters. The van der Waals surface area contributed by atoms with Gasteiger partial charge in [-0.05, 0) is 44.6 Å². The lowest BCUT2D eigenvalue weighted by Gasteiger charge is -2.20. The Morgan fingerprint density at radius 3 is 2.06 bits per heavy atom. The molecule has 0 N–H and O–H groups in total. The van der Waals surface area contributed by atoms with Gasteiger partial charge in [-0.2, -0.15) is 26.3 Å². The molecular weight excluding hydrogens is 468 g/mol. The summed E-state index contributed by atoms with van der Waals surface area (Å²) < 4.78 is 78.9. The first-order valence-corrected chi connectivity index (χ1v) is 11.5. The average Bonchev–Trinajstić information content (AvgIpc) is 2.99. The molecule has 2 aromatic rings. The first-order valence-electron chi connectivity index (χ1n) is 10.7. The van der Waals surface area contributed by atoms with Gasteiger partial charge < -0.3 is 9.80 Å². The molecular formula is C22H27F6N3OS. The predicted octanol–water partition coefficient (Wildman–Crippen LogP) is 6.35. The summed E-state index contributed by atoms with van der Waals surface area (Å²) in [4.78, 5) is 21.2. The van der Waals surface area contributed by atoms with E-state index in [0.717, 1.165) is 30.8 Å². The van der Waals surface area contributed by atoms with Crippen molar-refractivity contribution in [3.05, 3.63) is 39.9 Å². The lowest BCUT2D eigenvalue weighted by atomic mass is 10.1. The zero-order valence-corrected chi connectivity index (χ0v) is 19.7. The zero-order valence-electron chi connectivity index (χ0n) is 18.9. The Morgan fingerprint density at radius 1 is 0.970 bits per heavy atom. The third kappa shape index (κ3) is 6.69. The van der Waals surface area contributed by atoms with Crippen molar-refractivity contribution in [2.75, 3.05) is 32.7 Å². The number of halogens is 6. The van der Waals surface area contributed by atoms with Crippen LogP contribution in [0.4, 0.5) is 26.3 Å². The number of rotatable bonds is 3. The molecule has 0 unspecified atom stereocenters. The molecule has 1 aliphatic rings. The number of thiazole rings is 1. The van der Waals surface area contributed by atoms with Gasteiger partial charge in [-0.15, -0.1) is 11.3 Å². The Hall–Kier alpha value is -2.14. The summed E-state index contributed by atoms with van der Waals surface area (Å²) in [5.41, 5.74) is -2.86. The summed E-state index contributed by atoms with van der Waals surface area (Å²) in [7, 11) is 0. The van der Waals surface area contributed by atoms with E-state index < -0.39 is 23.5 Å². The van der Waals surface area contributed by atoms with Crippen LogP contribution in [0.1, 0.15) is 53.7 Å². The van der Waals surface area contributed by atoms with Crippen molar-refractivity contribution in [1.29, 1.82) is 0 Å². The topological polar surface area (TPSA) is 36.4 Å². The van der Waals surface area contributed by atoms with Crippen LogP contribution >= 0.6 is 11.3 Å². The van der Waals surface area contributed by atoms with Gasteiger partial charge in [0.2, 0.25) is 0 Å². The van der Waals surface area contributed by atoms with E-state index in [9.17, 15) is 31.1 Å². The van der Waals surface area contributed by atoms with E-state index >= 15 is 0 Å². The van der Waals surface area contributed by atoms with E-state index in [0.29, 0.717) is 31.8 Å². The normalized spacial score (nSPS) is 15.6. The number of aromatic nitrogens is 1. The van der Waals surface area contributed by atoms with Crippen molar-refractivity contribution in [1.82, 2.24) is 14.8 Å². The minimum atomic E-state index is -4.95. The van der Waals surface area contributed by atoms with Gasteiger partial charge in [-0.25, -0.2) is 4.98 Å². The number of aryl methyl sites for hydroxylation is 1. The Kier molecular flexibility index (Phi) is 8.92. The molecule has 0 aliphatic carbocycles. The average molecular weight is 496 g/mol. The van der Waals surface area contributed by atoms with Crippen molar-refractivity contribution in [3.63, 3.8) is 0 Å². The molecule has 4 nitrogen and oxygen atoms in total. The van der Waals surface area contributed by atoms with Gasteiger partial charge in [0.1, 0.15) is 9.88 Å². The van der Waals surface area contributed by atoms with Crippen molar-refractivity contribution in [2.45, 2.75) is 46.5 Å². The second-order valence-corrected chi connectivity index (χ2v) is 8.31. The van der Waals surface area contributed by atoms with Crippen LogP contribution in [0.25, 0.3) is 10.6 Å². The van der Waals surface area contributed by atoms with Crippen LogP contribution in [0.2, 0.25) is 0 Å². The van der Waals surface area contributed by atoms with E-state index in [1.54, 1.807) is 4.90 Å². The summed E-state index contributed by atoms with van der Waals surface area (Å²) in [6, 6.07) is 1.34. The summed E-state index contributed by atoms with van der Waals surface area (Å²) in [5.74, 6) is -0.303. The third-order valence-electron chi connectivity index (χ3n) is 5.15. The van der Waals surface area contributed by atoms with Gasteiger partial charge in [-0.1, -0.05) is 20.8 Å². The number of nitrogens with zero attached hydrogens (tertiary/aromatic N) is 3. The van der Waals surface area contributed by atoms with Crippen LogP contribution in [0.15, 0.2) is 18.2 Å². The van der Waals surface area contributed by atoms with Crippen molar-refractivity contribution < 1.29 is 31.1 Å². The van der Waals surface area contributed by atoms with Crippen LogP contribution in [0, 0.1) is 6.92 Å². The molecule has 0 bridgehead atoms. The van der Waals surface area contributed by atoms with Crippen LogP contribution in [0.3, 0.4) is 0 Å². The Morgan fingerprint density at radius 2 is 1.55 bits per heavy atom. The smallest absolute Gasteiger partial charge is 0.337 e. The lowest BCUT2D eigenvalue weighted by Crippen LogP contribution is -2.35. The molecule has 0 saturated carbocycles. The number of hydrogen-bond acceptors (Lipinski definition) is 4. The number of alkyl halides is 6. The first-order chi connectivity index (χ1) is 15.4. The van der Waals surface area contributed by atoms with Gasteiger partial charge in [0.25, 0.3) is 5.91 Å². The van der Waals surface area contributed by atoms with Gasteiger partial charge >= 0.3 is 12.4 Å². The summed E-state index contributed by atoms with van der Waals surface area (Å²) in [6.45, 7) is 11.0. The Bertz CT molecular complexity index is 922. The molecule has 1 amide bonds. The van der Waals surface area contributed by atoms with Crippen molar-refractivity contribution >= 4 is 17.2 Å². The van der Waals surface area contributed by atoms with E-state index in [2.05, 4.69) is 9.88 Å². The SMILES string of the molecule is CC.CCN1CCCN(C(=O)c2sc(-c3cc(C(F)(F)F)cc(C(F)(F)F)c3)nc2C)CC1. The maximum Gasteiger partial charge on any atom is 0.416 e. The van der Waals surface area contributed by atoms with Crippen LogP contribution in [0.5, 0.6) is 0 Å². The molecule has 0 spiro atoms. The summed E-state index contributed by atoms with van der Waals surface area (Å²) in [6.07, 6.45) is -9.11. The molecule has 1 fully saturated rings. The minimum Gasteiger partial charge on any atom is -0.337 e. The molecule has 33 heavy (non-hydrogen) atoms. The summed E-state index contributed by atoms with van der Waals surface area (Å²) >= 11 is 0.816. The largest absolute Gasteiger partial charge is 0.416 e.